The Kier molecular flexibility index (Phi) is 3.30. The van der Waals surface area contributed by atoms with Crippen LogP contribution in [-0.2, 0) is 0 Å². The van der Waals surface area contributed by atoms with Crippen molar-refractivity contribution in [2.75, 3.05) is 18.4 Å². The van der Waals surface area contributed by atoms with Crippen molar-refractivity contribution in [2.45, 2.75) is 32.4 Å². The Hall–Kier alpha value is -1.55. The highest BCUT2D eigenvalue weighted by molar-refractivity contribution is 6.00. The molecule has 98 valence electrons. The van der Waals surface area contributed by atoms with Gasteiger partial charge in [0, 0.05) is 11.7 Å². The van der Waals surface area contributed by atoms with Crippen molar-refractivity contribution in [1.82, 2.24) is 4.90 Å². The number of carbonyl (C=O) groups is 1. The zero-order valence-corrected chi connectivity index (χ0v) is 11.1. The first-order chi connectivity index (χ1) is 8.39. The molecule has 0 radical (unpaired) electrons. The van der Waals surface area contributed by atoms with Crippen LogP contribution in [-0.4, -0.2) is 40.6 Å². The number of anilines is 1. The van der Waals surface area contributed by atoms with Gasteiger partial charge in [-0.3, -0.25) is 4.79 Å². The predicted octanol–water partition coefficient (Wildman–Crippen LogP) is 1.71. The molecule has 1 aromatic carbocycles. The van der Waals surface area contributed by atoms with E-state index in [1.54, 1.807) is 11.8 Å². The lowest BCUT2D eigenvalue weighted by molar-refractivity contribution is -0.0668. The maximum absolute atomic E-state index is 12.3. The molecule has 0 aliphatic carbocycles. The molecular weight excluding hydrogens is 228 g/mol. The van der Waals surface area contributed by atoms with Crippen LogP contribution in [0.2, 0.25) is 0 Å². The molecule has 0 aromatic heterocycles. The van der Waals surface area contributed by atoms with E-state index in [0.29, 0.717) is 18.7 Å². The van der Waals surface area contributed by atoms with Gasteiger partial charge in [0.1, 0.15) is 0 Å². The molecule has 4 heteroatoms. The maximum atomic E-state index is 12.3. The highest BCUT2D eigenvalue weighted by Gasteiger charge is 2.40. The first kappa shape index (κ1) is 12.9. The average Bonchev–Trinajstić information content (AvgIpc) is 2.25. The van der Waals surface area contributed by atoms with Gasteiger partial charge in [0.15, 0.2) is 0 Å². The summed E-state index contributed by atoms with van der Waals surface area (Å²) >= 11 is 0. The molecule has 0 bridgehead atoms. The molecule has 2 rings (SSSR count). The predicted molar refractivity (Wildman–Crippen MR) is 71.7 cm³/mol. The number of rotatable bonds is 3. The first-order valence-electron chi connectivity index (χ1n) is 6.26. The van der Waals surface area contributed by atoms with Crippen molar-refractivity contribution in [2.24, 2.45) is 0 Å². The second-order valence-corrected chi connectivity index (χ2v) is 5.50. The van der Waals surface area contributed by atoms with Crippen LogP contribution in [0, 0.1) is 0 Å². The number of benzene rings is 1. The van der Waals surface area contributed by atoms with E-state index < -0.39 is 5.60 Å². The summed E-state index contributed by atoms with van der Waals surface area (Å²) in [6.07, 6.45) is 0. The molecule has 1 aromatic rings. The monoisotopic (exact) mass is 248 g/mol. The standard InChI is InChI=1S/C14H20N2O2/c1-10(2)15-12-7-5-4-6-11(12)13(17)16-8-14(3,18)9-16/h4-7,10,15,18H,8-9H2,1-3H3. The van der Waals surface area contributed by atoms with Crippen molar-refractivity contribution >= 4 is 11.6 Å². The van der Waals surface area contributed by atoms with Gasteiger partial charge in [0.05, 0.1) is 24.3 Å². The minimum absolute atomic E-state index is 0.0229. The van der Waals surface area contributed by atoms with Gasteiger partial charge < -0.3 is 15.3 Å². The Morgan fingerprint density at radius 3 is 2.56 bits per heavy atom. The number of likely N-dealkylation sites (tertiary alicyclic amines) is 1. The van der Waals surface area contributed by atoms with Crippen LogP contribution < -0.4 is 5.32 Å². The second-order valence-electron chi connectivity index (χ2n) is 5.50. The third-order valence-corrected chi connectivity index (χ3v) is 2.95. The van der Waals surface area contributed by atoms with Gasteiger partial charge in [0.2, 0.25) is 0 Å². The third kappa shape index (κ3) is 2.64. The highest BCUT2D eigenvalue weighted by Crippen LogP contribution is 2.25. The summed E-state index contributed by atoms with van der Waals surface area (Å²) < 4.78 is 0. The van der Waals surface area contributed by atoms with E-state index in [4.69, 9.17) is 0 Å². The molecule has 0 unspecified atom stereocenters. The number of amides is 1. The maximum Gasteiger partial charge on any atom is 0.256 e. The van der Waals surface area contributed by atoms with Crippen molar-refractivity contribution in [3.8, 4) is 0 Å². The molecule has 1 aliphatic rings. The third-order valence-electron chi connectivity index (χ3n) is 2.95. The zero-order valence-electron chi connectivity index (χ0n) is 11.1. The van der Waals surface area contributed by atoms with Crippen LogP contribution in [0.3, 0.4) is 0 Å². The molecule has 1 aliphatic heterocycles. The summed E-state index contributed by atoms with van der Waals surface area (Å²) in [7, 11) is 0. The van der Waals surface area contributed by atoms with Crippen LogP contribution in [0.5, 0.6) is 0 Å². The lowest BCUT2D eigenvalue weighted by Gasteiger charge is -2.44. The molecule has 0 saturated carbocycles. The summed E-state index contributed by atoms with van der Waals surface area (Å²) in [5.41, 5.74) is 0.793. The highest BCUT2D eigenvalue weighted by atomic mass is 16.3. The van der Waals surface area contributed by atoms with E-state index >= 15 is 0 Å². The van der Waals surface area contributed by atoms with Gasteiger partial charge in [0.25, 0.3) is 5.91 Å². The lowest BCUT2D eigenvalue weighted by Crippen LogP contribution is -2.61. The molecule has 0 atom stereocenters. The summed E-state index contributed by atoms with van der Waals surface area (Å²) in [6, 6.07) is 7.77. The number of carbonyl (C=O) groups excluding carboxylic acids is 1. The van der Waals surface area contributed by atoms with Crippen LogP contribution >= 0.6 is 0 Å². The number of aliphatic hydroxyl groups is 1. The Bertz CT molecular complexity index is 447. The quantitative estimate of drug-likeness (QED) is 0.856. The second kappa shape index (κ2) is 4.61. The molecule has 18 heavy (non-hydrogen) atoms. The van der Waals surface area contributed by atoms with E-state index in [1.165, 1.54) is 0 Å². The summed E-state index contributed by atoms with van der Waals surface area (Å²) in [5, 5.41) is 13.0. The smallest absolute Gasteiger partial charge is 0.256 e. The number of nitrogens with zero attached hydrogens (tertiary/aromatic N) is 1. The molecular formula is C14H20N2O2. The summed E-state index contributed by atoms with van der Waals surface area (Å²) in [4.78, 5) is 14.0. The number of hydrogen-bond donors (Lipinski definition) is 2. The molecule has 1 saturated heterocycles. The Morgan fingerprint density at radius 2 is 2.00 bits per heavy atom. The summed E-state index contributed by atoms with van der Waals surface area (Å²) in [6.45, 7) is 6.63. The van der Waals surface area contributed by atoms with Crippen LogP contribution in [0.15, 0.2) is 24.3 Å². The van der Waals surface area contributed by atoms with E-state index in [2.05, 4.69) is 5.32 Å². The minimum Gasteiger partial charge on any atom is -0.386 e. The molecule has 1 heterocycles. The SMILES string of the molecule is CC(C)Nc1ccccc1C(=O)N1CC(C)(O)C1. The van der Waals surface area contributed by atoms with Crippen molar-refractivity contribution in [3.05, 3.63) is 29.8 Å². The Morgan fingerprint density at radius 1 is 1.39 bits per heavy atom. The van der Waals surface area contributed by atoms with Crippen LogP contribution in [0.1, 0.15) is 31.1 Å². The minimum atomic E-state index is -0.726. The largest absolute Gasteiger partial charge is 0.386 e. The van der Waals surface area contributed by atoms with Crippen molar-refractivity contribution in [3.63, 3.8) is 0 Å². The number of para-hydroxylation sites is 1. The zero-order chi connectivity index (χ0) is 13.3. The van der Waals surface area contributed by atoms with Gasteiger partial charge in [-0.05, 0) is 32.9 Å². The fourth-order valence-electron chi connectivity index (χ4n) is 2.20. The van der Waals surface area contributed by atoms with Crippen LogP contribution in [0.25, 0.3) is 0 Å². The number of nitrogens with one attached hydrogen (secondary N) is 1. The lowest BCUT2D eigenvalue weighted by atomic mass is 9.95. The molecule has 1 fully saturated rings. The number of hydrogen-bond acceptors (Lipinski definition) is 3. The molecule has 2 N–H and O–H groups in total. The number of β-amino-alcohol motifs (C(OH)–C–C–N with tert-alkyl or cyclic N) is 1. The molecule has 1 amide bonds. The van der Waals surface area contributed by atoms with Crippen molar-refractivity contribution in [1.29, 1.82) is 0 Å². The first-order valence-corrected chi connectivity index (χ1v) is 6.26. The van der Waals surface area contributed by atoms with Gasteiger partial charge in [-0.15, -0.1) is 0 Å². The molecule has 0 spiro atoms. The fraction of sp³-hybridized carbons (Fsp3) is 0.500. The fourth-order valence-corrected chi connectivity index (χ4v) is 2.20. The van der Waals surface area contributed by atoms with Crippen molar-refractivity contribution < 1.29 is 9.90 Å². The normalized spacial score (nSPS) is 17.5. The topological polar surface area (TPSA) is 52.6 Å². The van der Waals surface area contributed by atoms with Crippen LogP contribution in [0.4, 0.5) is 5.69 Å². The van der Waals surface area contributed by atoms with Gasteiger partial charge >= 0.3 is 0 Å². The van der Waals surface area contributed by atoms with E-state index in [0.717, 1.165) is 5.69 Å². The van der Waals surface area contributed by atoms with Gasteiger partial charge in [-0.25, -0.2) is 0 Å². The van der Waals surface area contributed by atoms with Gasteiger partial charge in [-0.1, -0.05) is 12.1 Å². The van der Waals surface area contributed by atoms with E-state index in [-0.39, 0.29) is 11.9 Å². The van der Waals surface area contributed by atoms with E-state index in [9.17, 15) is 9.90 Å². The molecule has 4 nitrogen and oxygen atoms in total. The Balaban J connectivity index is 2.15. The van der Waals surface area contributed by atoms with Gasteiger partial charge in [-0.2, -0.15) is 0 Å². The Labute approximate surface area is 108 Å². The average molecular weight is 248 g/mol. The summed E-state index contributed by atoms with van der Waals surface area (Å²) in [5.74, 6) is -0.0229. The van der Waals surface area contributed by atoms with E-state index in [1.807, 2.05) is 38.1 Å².